The molecule has 146 valence electrons. The number of nitrogens with one attached hydrogen (secondary N) is 1. The van der Waals surface area contributed by atoms with Gasteiger partial charge >= 0.3 is 0 Å². The topological polar surface area (TPSA) is 83.3 Å². The Hall–Kier alpha value is -3.36. The maximum Gasteiger partial charge on any atom is 0.243 e. The monoisotopic (exact) mass is 385 g/mol. The molecule has 0 saturated carbocycles. The molecule has 0 saturated heterocycles. The predicted octanol–water partition coefficient (Wildman–Crippen LogP) is 2.98. The van der Waals surface area contributed by atoms with Gasteiger partial charge in [-0.05, 0) is 52.2 Å². The number of hydrogen-bond acceptors (Lipinski definition) is 7. The normalized spacial score (nSPS) is 18.1. The second-order valence-electron chi connectivity index (χ2n) is 6.41. The van der Waals surface area contributed by atoms with Gasteiger partial charge in [0.25, 0.3) is 0 Å². The van der Waals surface area contributed by atoms with Crippen LogP contribution in [0.1, 0.15) is 29.6 Å². The largest absolute Gasteiger partial charge is 0.493 e. The molecule has 8 nitrogen and oxygen atoms in total. The number of methoxy groups -OCH3 is 3. The Morgan fingerprint density at radius 3 is 2.29 bits per heavy atom. The van der Waals surface area contributed by atoms with Gasteiger partial charge in [0.1, 0.15) is 5.82 Å². The van der Waals surface area contributed by atoms with Crippen molar-refractivity contribution >= 4 is 5.95 Å². The number of ether oxygens (including phenoxy) is 3. The number of rotatable bonds is 5. The van der Waals surface area contributed by atoms with Crippen molar-refractivity contribution < 1.29 is 18.6 Å². The summed E-state index contributed by atoms with van der Waals surface area (Å²) >= 11 is 0. The van der Waals surface area contributed by atoms with Crippen molar-refractivity contribution in [3.8, 4) is 17.2 Å². The summed E-state index contributed by atoms with van der Waals surface area (Å²) in [5, 5.41) is 15.3. The molecular weight excluding hydrogens is 365 g/mol. The third-order valence-corrected chi connectivity index (χ3v) is 4.89. The Morgan fingerprint density at radius 1 is 1.00 bits per heavy atom. The summed E-state index contributed by atoms with van der Waals surface area (Å²) < 4.78 is 31.4. The zero-order chi connectivity index (χ0) is 19.7. The van der Waals surface area contributed by atoms with Crippen LogP contribution in [0, 0.1) is 5.82 Å². The van der Waals surface area contributed by atoms with E-state index in [0.717, 1.165) is 11.1 Å². The van der Waals surface area contributed by atoms with Gasteiger partial charge in [-0.3, -0.25) is 0 Å². The van der Waals surface area contributed by atoms with Crippen molar-refractivity contribution in [2.24, 2.45) is 0 Å². The molecule has 0 aliphatic carbocycles. The molecule has 28 heavy (non-hydrogen) atoms. The van der Waals surface area contributed by atoms with Crippen LogP contribution in [0.2, 0.25) is 0 Å². The molecule has 9 heteroatoms. The van der Waals surface area contributed by atoms with Crippen LogP contribution in [0.3, 0.4) is 0 Å². The lowest BCUT2D eigenvalue weighted by atomic mass is 9.93. The molecule has 1 aromatic heterocycles. The highest BCUT2D eigenvalue weighted by Crippen LogP contribution is 2.44. The van der Waals surface area contributed by atoms with Crippen LogP contribution in [0.5, 0.6) is 17.2 Å². The van der Waals surface area contributed by atoms with Crippen molar-refractivity contribution in [2.75, 3.05) is 26.6 Å². The first-order chi connectivity index (χ1) is 13.6. The Labute approximate surface area is 161 Å². The molecule has 1 N–H and O–H groups in total. The third-order valence-electron chi connectivity index (χ3n) is 4.89. The molecule has 0 spiro atoms. The highest BCUT2D eigenvalue weighted by molar-refractivity contribution is 5.55. The number of hydrogen-bond donors (Lipinski definition) is 1. The molecule has 1 aliphatic heterocycles. The summed E-state index contributed by atoms with van der Waals surface area (Å²) in [6.07, 6.45) is 0.655. The van der Waals surface area contributed by atoms with E-state index in [1.807, 2.05) is 12.1 Å². The fourth-order valence-corrected chi connectivity index (χ4v) is 3.52. The highest BCUT2D eigenvalue weighted by atomic mass is 19.1. The molecule has 3 aromatic rings. The van der Waals surface area contributed by atoms with Crippen molar-refractivity contribution in [1.29, 1.82) is 0 Å². The number of aromatic nitrogens is 4. The highest BCUT2D eigenvalue weighted by Gasteiger charge is 2.32. The Morgan fingerprint density at radius 2 is 1.68 bits per heavy atom. The molecule has 0 amide bonds. The van der Waals surface area contributed by atoms with E-state index >= 15 is 0 Å². The third kappa shape index (κ3) is 3.08. The Kier molecular flexibility index (Phi) is 4.72. The van der Waals surface area contributed by atoms with Crippen molar-refractivity contribution in [1.82, 2.24) is 20.2 Å². The number of benzene rings is 2. The molecule has 2 heterocycles. The molecule has 0 radical (unpaired) electrons. The molecular formula is C19H20FN5O3. The van der Waals surface area contributed by atoms with Crippen LogP contribution in [0.15, 0.2) is 36.4 Å². The van der Waals surface area contributed by atoms with E-state index in [1.54, 1.807) is 38.1 Å². The first kappa shape index (κ1) is 18.0. The number of fused-ring (bicyclic) bond motifs is 1. The van der Waals surface area contributed by atoms with Gasteiger partial charge in [0.05, 0.1) is 33.4 Å². The first-order valence-corrected chi connectivity index (χ1v) is 8.74. The number of nitrogens with zero attached hydrogens (tertiary/aromatic N) is 4. The fraction of sp³-hybridized carbons (Fsp3) is 0.316. The van der Waals surface area contributed by atoms with Gasteiger partial charge in [0.15, 0.2) is 11.5 Å². The van der Waals surface area contributed by atoms with E-state index in [9.17, 15) is 4.39 Å². The average molecular weight is 385 g/mol. The molecule has 2 aromatic carbocycles. The predicted molar refractivity (Wildman–Crippen MR) is 99.4 cm³/mol. The molecule has 1 aliphatic rings. The van der Waals surface area contributed by atoms with Crippen LogP contribution in [0.25, 0.3) is 0 Å². The minimum atomic E-state index is -0.273. The van der Waals surface area contributed by atoms with E-state index in [1.165, 1.54) is 12.1 Å². The summed E-state index contributed by atoms with van der Waals surface area (Å²) in [7, 11) is 4.72. The first-order valence-electron chi connectivity index (χ1n) is 8.74. The Bertz CT molecular complexity index is 951. The number of halogens is 1. The van der Waals surface area contributed by atoms with Gasteiger partial charge in [-0.1, -0.05) is 17.2 Å². The number of tetrazole rings is 1. The summed E-state index contributed by atoms with van der Waals surface area (Å²) in [5.41, 5.74) is 1.87. The average Bonchev–Trinajstić information content (AvgIpc) is 3.21. The lowest BCUT2D eigenvalue weighted by molar-refractivity contribution is 0.321. The van der Waals surface area contributed by atoms with Gasteiger partial charge in [-0.15, -0.1) is 0 Å². The summed E-state index contributed by atoms with van der Waals surface area (Å²) in [6, 6.07) is 9.96. The second-order valence-corrected chi connectivity index (χ2v) is 6.41. The van der Waals surface area contributed by atoms with Gasteiger partial charge in [-0.2, -0.15) is 0 Å². The van der Waals surface area contributed by atoms with E-state index in [0.29, 0.717) is 29.6 Å². The second kappa shape index (κ2) is 7.34. The Balaban J connectivity index is 1.77. The lowest BCUT2D eigenvalue weighted by Gasteiger charge is -2.31. The van der Waals surface area contributed by atoms with E-state index in [4.69, 9.17) is 14.2 Å². The van der Waals surface area contributed by atoms with Gasteiger partial charge in [0, 0.05) is 0 Å². The van der Waals surface area contributed by atoms with Crippen LogP contribution in [-0.2, 0) is 0 Å². The van der Waals surface area contributed by atoms with Crippen LogP contribution in [-0.4, -0.2) is 41.5 Å². The van der Waals surface area contributed by atoms with Crippen LogP contribution < -0.4 is 19.5 Å². The van der Waals surface area contributed by atoms with Crippen molar-refractivity contribution in [3.05, 3.63) is 53.3 Å². The molecule has 0 bridgehead atoms. The van der Waals surface area contributed by atoms with Crippen LogP contribution >= 0.6 is 0 Å². The molecule has 2 atom stereocenters. The minimum Gasteiger partial charge on any atom is -0.493 e. The van der Waals surface area contributed by atoms with Crippen molar-refractivity contribution in [2.45, 2.75) is 18.5 Å². The summed E-state index contributed by atoms with van der Waals surface area (Å²) in [6.45, 7) is 0. The lowest BCUT2D eigenvalue weighted by Crippen LogP contribution is -2.28. The van der Waals surface area contributed by atoms with Crippen LogP contribution in [0.4, 0.5) is 10.3 Å². The van der Waals surface area contributed by atoms with Crippen molar-refractivity contribution in [3.63, 3.8) is 0 Å². The number of anilines is 1. The van der Waals surface area contributed by atoms with Gasteiger partial charge in [0.2, 0.25) is 11.7 Å². The minimum absolute atomic E-state index is 0.0804. The van der Waals surface area contributed by atoms with E-state index < -0.39 is 0 Å². The molecule has 4 rings (SSSR count). The molecule has 0 unspecified atom stereocenters. The molecule has 0 fully saturated rings. The van der Waals surface area contributed by atoms with Gasteiger partial charge < -0.3 is 19.5 Å². The zero-order valence-electron chi connectivity index (χ0n) is 15.7. The smallest absolute Gasteiger partial charge is 0.243 e. The standard InChI is InChI=1S/C19H20FN5O3/c1-26-16-8-12(9-17(27-2)18(16)28-3)15-10-14(11-4-6-13(20)7-5-11)21-19-22-23-24-25(15)19/h4-9,14-15H,10H2,1-3H3,(H,21,22,24)/t14-,15+/m0/s1. The quantitative estimate of drug-likeness (QED) is 0.723. The SMILES string of the molecule is COc1cc([C@H]2C[C@@H](c3ccc(F)cc3)Nc3nnnn32)cc(OC)c1OC. The maximum atomic E-state index is 13.3. The summed E-state index contributed by atoms with van der Waals surface area (Å²) in [4.78, 5) is 0. The van der Waals surface area contributed by atoms with E-state index in [-0.39, 0.29) is 17.9 Å². The van der Waals surface area contributed by atoms with E-state index in [2.05, 4.69) is 20.8 Å². The zero-order valence-corrected chi connectivity index (χ0v) is 15.7. The fourth-order valence-electron chi connectivity index (χ4n) is 3.52. The maximum absolute atomic E-state index is 13.3. The summed E-state index contributed by atoms with van der Waals surface area (Å²) in [5.74, 6) is 1.91. The van der Waals surface area contributed by atoms with Gasteiger partial charge in [-0.25, -0.2) is 9.07 Å².